The Hall–Kier alpha value is -0.180. The van der Waals surface area contributed by atoms with Crippen molar-refractivity contribution < 1.29 is 9.59 Å². The third-order valence-electron chi connectivity index (χ3n) is 3.95. The lowest BCUT2D eigenvalue weighted by Crippen LogP contribution is -2.56. The molecule has 4 fully saturated rings. The van der Waals surface area contributed by atoms with E-state index in [4.69, 9.17) is 0 Å². The van der Waals surface area contributed by atoms with Crippen LogP contribution in [-0.4, -0.2) is 16.4 Å². The Morgan fingerprint density at radius 1 is 0.923 bits per heavy atom. The summed E-state index contributed by atoms with van der Waals surface area (Å²) >= 11 is 3.52. The van der Waals surface area contributed by atoms with Crippen molar-refractivity contribution in [1.29, 1.82) is 0 Å². The summed E-state index contributed by atoms with van der Waals surface area (Å²) in [4.78, 5) is 23.7. The highest BCUT2D eigenvalue weighted by Gasteiger charge is 2.56. The average Bonchev–Trinajstić information content (AvgIpc) is 2.10. The van der Waals surface area contributed by atoms with Crippen LogP contribution in [0, 0.1) is 23.7 Å². The van der Waals surface area contributed by atoms with Gasteiger partial charge < -0.3 is 0 Å². The van der Waals surface area contributed by atoms with Crippen molar-refractivity contribution >= 4 is 27.5 Å². The molecule has 0 N–H and O–H groups in total. The van der Waals surface area contributed by atoms with Gasteiger partial charge in [0.2, 0.25) is 0 Å². The van der Waals surface area contributed by atoms with Crippen molar-refractivity contribution in [3.8, 4) is 0 Å². The summed E-state index contributed by atoms with van der Waals surface area (Å²) in [6.07, 6.45) is 2.49. The van der Waals surface area contributed by atoms with Gasteiger partial charge in [0.05, 0.1) is 0 Å². The first kappa shape index (κ1) is 8.16. The fourth-order valence-electron chi connectivity index (χ4n) is 3.31. The minimum atomic E-state index is 0.153. The summed E-state index contributed by atoms with van der Waals surface area (Å²) in [6, 6.07) is 0. The van der Waals surface area contributed by atoms with Gasteiger partial charge in [-0.05, 0) is 19.3 Å². The Labute approximate surface area is 85.2 Å². The van der Waals surface area contributed by atoms with Gasteiger partial charge in [-0.25, -0.2) is 0 Å². The second kappa shape index (κ2) is 2.44. The van der Waals surface area contributed by atoms with Crippen LogP contribution < -0.4 is 0 Å². The lowest BCUT2D eigenvalue weighted by molar-refractivity contribution is -0.149. The maximum absolute atomic E-state index is 11.7. The third kappa shape index (κ3) is 0.888. The number of ketones is 2. The van der Waals surface area contributed by atoms with E-state index in [0.29, 0.717) is 11.6 Å². The molecule has 0 aromatic rings. The number of carbonyl (C=O) groups excluding carboxylic acids is 2. The molecule has 4 atom stereocenters. The van der Waals surface area contributed by atoms with E-state index in [9.17, 15) is 9.59 Å². The summed E-state index contributed by atoms with van der Waals surface area (Å²) in [5.74, 6) is 1.59. The first-order valence-electron chi connectivity index (χ1n) is 4.90. The number of rotatable bonds is 0. The number of alkyl halides is 1. The maximum atomic E-state index is 11.7. The third-order valence-corrected chi connectivity index (χ3v) is 5.23. The van der Waals surface area contributed by atoms with E-state index < -0.39 is 0 Å². The second-order valence-electron chi connectivity index (χ2n) is 4.56. The second-order valence-corrected chi connectivity index (χ2v) is 5.62. The van der Waals surface area contributed by atoms with E-state index in [1.165, 1.54) is 0 Å². The molecule has 3 heteroatoms. The van der Waals surface area contributed by atoms with Crippen molar-refractivity contribution in [2.75, 3.05) is 0 Å². The molecular formula is C10H11BrO2. The predicted molar refractivity (Wildman–Crippen MR) is 50.5 cm³/mol. The fourth-order valence-corrected chi connectivity index (χ4v) is 4.26. The minimum absolute atomic E-state index is 0.153. The molecule has 0 aromatic carbocycles. The zero-order chi connectivity index (χ0) is 9.16. The molecule has 4 unspecified atom stereocenters. The van der Waals surface area contributed by atoms with E-state index >= 15 is 0 Å². The summed E-state index contributed by atoms with van der Waals surface area (Å²) in [5, 5.41) is 0. The topological polar surface area (TPSA) is 34.1 Å². The van der Waals surface area contributed by atoms with Crippen molar-refractivity contribution in [3.63, 3.8) is 0 Å². The molecule has 0 aromatic heterocycles. The summed E-state index contributed by atoms with van der Waals surface area (Å²) < 4.78 is 0. The normalized spacial score (nSPS) is 53.2. The molecule has 70 valence electrons. The van der Waals surface area contributed by atoms with Gasteiger partial charge in [-0.1, -0.05) is 15.9 Å². The first-order valence-corrected chi connectivity index (χ1v) is 5.81. The quantitative estimate of drug-likeness (QED) is 0.605. The van der Waals surface area contributed by atoms with E-state index in [-0.39, 0.29) is 28.5 Å². The molecule has 2 nitrogen and oxygen atoms in total. The zero-order valence-electron chi connectivity index (χ0n) is 7.20. The molecule has 13 heavy (non-hydrogen) atoms. The molecule has 0 saturated heterocycles. The summed E-state index contributed by atoms with van der Waals surface area (Å²) in [7, 11) is 0. The lowest BCUT2D eigenvalue weighted by Gasteiger charge is -2.50. The van der Waals surface area contributed by atoms with Gasteiger partial charge in [-0.2, -0.15) is 0 Å². The monoisotopic (exact) mass is 242 g/mol. The molecule has 0 amide bonds. The highest BCUT2D eigenvalue weighted by atomic mass is 79.9. The van der Waals surface area contributed by atoms with Gasteiger partial charge in [-0.3, -0.25) is 9.59 Å². The van der Waals surface area contributed by atoms with Crippen LogP contribution in [0.15, 0.2) is 0 Å². The molecule has 4 rings (SSSR count). The average molecular weight is 243 g/mol. The minimum Gasteiger partial charge on any atom is -0.299 e. The fraction of sp³-hybridized carbons (Fsp3) is 0.800. The zero-order valence-corrected chi connectivity index (χ0v) is 8.79. The molecule has 4 aliphatic rings. The number of Topliss-reactive ketones (excluding diaryl/α,β-unsaturated/α-hetero) is 2. The van der Waals surface area contributed by atoms with E-state index in [2.05, 4.69) is 15.9 Å². The number of hydrogen-bond acceptors (Lipinski definition) is 2. The SMILES string of the molecule is O=C1C2CC3CC1C(Br)C(C2)C3=O. The molecule has 4 bridgehead atoms. The first-order chi connectivity index (χ1) is 6.18. The number of carbonyl (C=O) groups is 2. The number of halogens is 1. The Balaban J connectivity index is 2.04. The highest BCUT2D eigenvalue weighted by molar-refractivity contribution is 9.09. The molecule has 4 aliphatic carbocycles. The van der Waals surface area contributed by atoms with Crippen molar-refractivity contribution in [2.45, 2.75) is 24.1 Å². The van der Waals surface area contributed by atoms with Crippen LogP contribution in [0.25, 0.3) is 0 Å². The number of hydrogen-bond donors (Lipinski definition) is 0. The molecular weight excluding hydrogens is 232 g/mol. The van der Waals surface area contributed by atoms with E-state index in [0.717, 1.165) is 19.3 Å². The van der Waals surface area contributed by atoms with Crippen LogP contribution in [0.1, 0.15) is 19.3 Å². The van der Waals surface area contributed by atoms with Gasteiger partial charge in [0.25, 0.3) is 0 Å². The molecule has 0 spiro atoms. The van der Waals surface area contributed by atoms with Crippen molar-refractivity contribution in [2.24, 2.45) is 23.7 Å². The largest absolute Gasteiger partial charge is 0.299 e. The van der Waals surface area contributed by atoms with Crippen molar-refractivity contribution in [1.82, 2.24) is 0 Å². The van der Waals surface area contributed by atoms with Crippen molar-refractivity contribution in [3.05, 3.63) is 0 Å². The Morgan fingerprint density at radius 2 is 1.38 bits per heavy atom. The lowest BCUT2D eigenvalue weighted by atomic mass is 9.55. The van der Waals surface area contributed by atoms with Crippen LogP contribution in [0.2, 0.25) is 0 Å². The maximum Gasteiger partial charge on any atom is 0.140 e. The van der Waals surface area contributed by atoms with E-state index in [1.54, 1.807) is 0 Å². The summed E-state index contributed by atoms with van der Waals surface area (Å²) in [5.41, 5.74) is 0. The van der Waals surface area contributed by atoms with Gasteiger partial charge in [0.15, 0.2) is 0 Å². The van der Waals surface area contributed by atoms with Crippen LogP contribution >= 0.6 is 15.9 Å². The Kier molecular flexibility index (Phi) is 1.53. The van der Waals surface area contributed by atoms with Crippen LogP contribution in [0.5, 0.6) is 0 Å². The standard InChI is InChI=1S/C10H11BrO2/c11-8-6-2-4-1-5(10(6)13)3-7(8)9(4)12/h4-8H,1-3H2. The van der Waals surface area contributed by atoms with Crippen LogP contribution in [0.3, 0.4) is 0 Å². The van der Waals surface area contributed by atoms with E-state index in [1.807, 2.05) is 0 Å². The van der Waals surface area contributed by atoms with Gasteiger partial charge in [0.1, 0.15) is 11.6 Å². The van der Waals surface area contributed by atoms with Crippen LogP contribution in [0.4, 0.5) is 0 Å². The van der Waals surface area contributed by atoms with Gasteiger partial charge in [-0.15, -0.1) is 0 Å². The van der Waals surface area contributed by atoms with Gasteiger partial charge in [0, 0.05) is 28.5 Å². The Bertz CT molecular complexity index is 271. The smallest absolute Gasteiger partial charge is 0.140 e. The molecule has 4 saturated carbocycles. The molecule has 0 radical (unpaired) electrons. The van der Waals surface area contributed by atoms with Gasteiger partial charge >= 0.3 is 0 Å². The van der Waals surface area contributed by atoms with Crippen LogP contribution in [-0.2, 0) is 9.59 Å². The predicted octanol–water partition coefficient (Wildman–Crippen LogP) is 1.56. The molecule has 0 aliphatic heterocycles. The molecule has 0 heterocycles. The Morgan fingerprint density at radius 3 is 1.85 bits per heavy atom. The highest BCUT2D eigenvalue weighted by Crippen LogP contribution is 2.52. The summed E-state index contributed by atoms with van der Waals surface area (Å²) in [6.45, 7) is 0.